The van der Waals surface area contributed by atoms with Gasteiger partial charge in [-0.05, 0) is 31.4 Å². The fourth-order valence-corrected chi connectivity index (χ4v) is 2.90. The molecule has 1 fully saturated rings. The first-order chi connectivity index (χ1) is 11.5. The fourth-order valence-electron chi connectivity index (χ4n) is 2.90. The van der Waals surface area contributed by atoms with Crippen LogP contribution in [0.25, 0.3) is 0 Å². The number of carbonyl (C=O) groups excluding carboxylic acids is 1. The lowest BCUT2D eigenvalue weighted by atomic mass is 9.93. The minimum Gasteiger partial charge on any atom is -0.386 e. The molecule has 24 heavy (non-hydrogen) atoms. The number of aryl methyl sites for hydroxylation is 1. The molecule has 1 atom stereocenters. The maximum Gasteiger partial charge on any atom is 0.241 e. The number of aliphatic hydroxyl groups is 1. The molecule has 0 saturated carbocycles. The quantitative estimate of drug-likeness (QED) is 0.809. The highest BCUT2D eigenvalue weighted by Crippen LogP contribution is 2.23. The highest BCUT2D eigenvalue weighted by atomic mass is 16.3. The van der Waals surface area contributed by atoms with Crippen molar-refractivity contribution in [3.05, 3.63) is 36.4 Å². The molecule has 2 N–H and O–H groups in total. The topological polar surface area (TPSA) is 96.2 Å². The van der Waals surface area contributed by atoms with Crippen molar-refractivity contribution in [3.63, 3.8) is 0 Å². The average molecular weight is 330 g/mol. The number of rotatable bonds is 5. The Kier molecular flexibility index (Phi) is 4.75. The lowest BCUT2D eigenvalue weighted by molar-refractivity contribution is -0.123. The Morgan fingerprint density at radius 2 is 2.21 bits per heavy atom. The van der Waals surface area contributed by atoms with Gasteiger partial charge in [0.25, 0.3) is 0 Å². The van der Waals surface area contributed by atoms with Gasteiger partial charge in [-0.15, -0.1) is 0 Å². The van der Waals surface area contributed by atoms with Gasteiger partial charge in [-0.2, -0.15) is 5.10 Å². The lowest BCUT2D eigenvalue weighted by Crippen LogP contribution is -2.55. The van der Waals surface area contributed by atoms with E-state index < -0.39 is 5.60 Å². The van der Waals surface area contributed by atoms with E-state index in [0.29, 0.717) is 18.9 Å². The minimum atomic E-state index is -0.979. The van der Waals surface area contributed by atoms with Crippen molar-refractivity contribution >= 4 is 11.9 Å². The Morgan fingerprint density at radius 3 is 2.92 bits per heavy atom. The van der Waals surface area contributed by atoms with Crippen LogP contribution in [0, 0.1) is 6.92 Å². The highest BCUT2D eigenvalue weighted by molar-refractivity contribution is 5.75. The summed E-state index contributed by atoms with van der Waals surface area (Å²) in [5, 5.41) is 17.7. The zero-order valence-electron chi connectivity index (χ0n) is 13.7. The van der Waals surface area contributed by atoms with Gasteiger partial charge in [0.15, 0.2) is 0 Å². The van der Waals surface area contributed by atoms with Crippen molar-refractivity contribution in [2.24, 2.45) is 0 Å². The zero-order valence-corrected chi connectivity index (χ0v) is 13.7. The van der Waals surface area contributed by atoms with Crippen molar-refractivity contribution in [1.82, 2.24) is 25.1 Å². The predicted molar refractivity (Wildman–Crippen MR) is 88.4 cm³/mol. The van der Waals surface area contributed by atoms with Crippen LogP contribution in [-0.4, -0.2) is 56.0 Å². The number of hydrogen-bond acceptors (Lipinski definition) is 6. The van der Waals surface area contributed by atoms with E-state index in [2.05, 4.69) is 20.4 Å². The maximum absolute atomic E-state index is 12.0. The normalized spacial score (nSPS) is 20.8. The molecule has 0 radical (unpaired) electrons. The molecule has 1 aliphatic rings. The Bertz CT molecular complexity index is 689. The van der Waals surface area contributed by atoms with Gasteiger partial charge in [0.2, 0.25) is 11.9 Å². The SMILES string of the molecule is Cc1cnn(CC(=O)NC[C@@]2(O)CCCN(c3ncccn3)C2)c1. The van der Waals surface area contributed by atoms with Crippen LogP contribution in [0.3, 0.4) is 0 Å². The predicted octanol–water partition coefficient (Wildman–Crippen LogP) is 0.129. The van der Waals surface area contributed by atoms with Gasteiger partial charge >= 0.3 is 0 Å². The highest BCUT2D eigenvalue weighted by Gasteiger charge is 2.34. The molecule has 0 aliphatic carbocycles. The molecule has 3 rings (SSSR count). The molecule has 8 nitrogen and oxygen atoms in total. The maximum atomic E-state index is 12.0. The molecule has 2 aromatic heterocycles. The van der Waals surface area contributed by atoms with E-state index in [1.807, 2.05) is 18.0 Å². The van der Waals surface area contributed by atoms with Crippen LogP contribution in [0.1, 0.15) is 18.4 Å². The standard InChI is InChI=1S/C16H22N6O2/c1-13-8-20-22(9-13)10-14(23)19-11-16(24)4-2-7-21(12-16)15-17-5-3-6-18-15/h3,5-6,8-9,24H,2,4,7,10-12H2,1H3,(H,19,23)/t16-/m0/s1. The summed E-state index contributed by atoms with van der Waals surface area (Å²) in [5.74, 6) is 0.438. The number of amides is 1. The van der Waals surface area contributed by atoms with Crippen LogP contribution in [0.15, 0.2) is 30.9 Å². The molecule has 0 bridgehead atoms. The number of carbonyl (C=O) groups is 1. The third-order valence-electron chi connectivity index (χ3n) is 4.07. The summed E-state index contributed by atoms with van der Waals surface area (Å²) in [6, 6.07) is 1.76. The molecule has 0 aromatic carbocycles. The van der Waals surface area contributed by atoms with Crippen LogP contribution in [-0.2, 0) is 11.3 Å². The zero-order chi connectivity index (χ0) is 17.0. The Labute approximate surface area is 140 Å². The molecule has 1 amide bonds. The molecule has 3 heterocycles. The van der Waals surface area contributed by atoms with Gasteiger partial charge in [-0.1, -0.05) is 0 Å². The summed E-state index contributed by atoms with van der Waals surface area (Å²) in [4.78, 5) is 22.4. The van der Waals surface area contributed by atoms with Gasteiger partial charge in [-0.25, -0.2) is 9.97 Å². The summed E-state index contributed by atoms with van der Waals surface area (Å²) in [6.45, 7) is 3.47. The number of nitrogens with one attached hydrogen (secondary N) is 1. The van der Waals surface area contributed by atoms with Crippen LogP contribution in [0.5, 0.6) is 0 Å². The van der Waals surface area contributed by atoms with Crippen molar-refractivity contribution in [1.29, 1.82) is 0 Å². The summed E-state index contributed by atoms with van der Waals surface area (Å²) in [5.41, 5.74) is 0.0277. The molecule has 0 spiro atoms. The smallest absolute Gasteiger partial charge is 0.241 e. The van der Waals surface area contributed by atoms with E-state index in [-0.39, 0.29) is 19.0 Å². The number of anilines is 1. The van der Waals surface area contributed by atoms with E-state index in [9.17, 15) is 9.90 Å². The van der Waals surface area contributed by atoms with Crippen LogP contribution in [0.2, 0.25) is 0 Å². The minimum absolute atomic E-state index is 0.148. The number of β-amino-alcohol motifs (C(OH)–C–C–N with tert-alkyl or cyclic N) is 1. The van der Waals surface area contributed by atoms with Crippen molar-refractivity contribution < 1.29 is 9.90 Å². The Balaban J connectivity index is 1.54. The van der Waals surface area contributed by atoms with Crippen molar-refractivity contribution in [2.75, 3.05) is 24.5 Å². The summed E-state index contributed by atoms with van der Waals surface area (Å²) >= 11 is 0. The summed E-state index contributed by atoms with van der Waals surface area (Å²) in [7, 11) is 0. The Morgan fingerprint density at radius 1 is 1.42 bits per heavy atom. The van der Waals surface area contributed by atoms with Crippen LogP contribution in [0.4, 0.5) is 5.95 Å². The first-order valence-electron chi connectivity index (χ1n) is 8.04. The largest absolute Gasteiger partial charge is 0.386 e. The fraction of sp³-hybridized carbons (Fsp3) is 0.500. The molecule has 1 saturated heterocycles. The van der Waals surface area contributed by atoms with E-state index in [1.165, 1.54) is 0 Å². The number of hydrogen-bond donors (Lipinski definition) is 2. The first-order valence-corrected chi connectivity index (χ1v) is 8.04. The average Bonchev–Trinajstić information content (AvgIpc) is 2.99. The second-order valence-corrected chi connectivity index (χ2v) is 6.29. The molecular weight excluding hydrogens is 308 g/mol. The number of aromatic nitrogens is 4. The Hall–Kier alpha value is -2.48. The van der Waals surface area contributed by atoms with Crippen molar-refractivity contribution in [2.45, 2.75) is 31.9 Å². The van der Waals surface area contributed by atoms with E-state index >= 15 is 0 Å². The van der Waals surface area contributed by atoms with Gasteiger partial charge in [0.1, 0.15) is 6.54 Å². The second-order valence-electron chi connectivity index (χ2n) is 6.29. The van der Waals surface area contributed by atoms with Crippen LogP contribution < -0.4 is 10.2 Å². The first kappa shape index (κ1) is 16.4. The summed E-state index contributed by atoms with van der Waals surface area (Å²) in [6.07, 6.45) is 8.34. The third-order valence-corrected chi connectivity index (χ3v) is 4.07. The van der Waals surface area contributed by atoms with Gasteiger partial charge in [0.05, 0.1) is 18.3 Å². The molecule has 2 aromatic rings. The third kappa shape index (κ3) is 4.08. The number of nitrogens with zero attached hydrogens (tertiary/aromatic N) is 5. The molecule has 128 valence electrons. The molecule has 0 unspecified atom stereocenters. The van der Waals surface area contributed by atoms with Gasteiger partial charge in [-0.3, -0.25) is 9.48 Å². The molecule has 8 heteroatoms. The second kappa shape index (κ2) is 6.96. The lowest BCUT2D eigenvalue weighted by Gasteiger charge is -2.39. The summed E-state index contributed by atoms with van der Waals surface area (Å²) < 4.78 is 1.58. The van der Waals surface area contributed by atoms with E-state index in [4.69, 9.17) is 0 Å². The van der Waals surface area contributed by atoms with Crippen molar-refractivity contribution in [3.8, 4) is 0 Å². The monoisotopic (exact) mass is 330 g/mol. The van der Waals surface area contributed by atoms with E-state index in [0.717, 1.165) is 18.5 Å². The molecule has 1 aliphatic heterocycles. The number of piperidine rings is 1. The van der Waals surface area contributed by atoms with E-state index in [1.54, 1.807) is 29.3 Å². The molecular formula is C16H22N6O2. The van der Waals surface area contributed by atoms with Gasteiger partial charge in [0, 0.05) is 31.7 Å². The van der Waals surface area contributed by atoms with Gasteiger partial charge < -0.3 is 15.3 Å². The van der Waals surface area contributed by atoms with Crippen LogP contribution >= 0.6 is 0 Å².